The summed E-state index contributed by atoms with van der Waals surface area (Å²) in [7, 11) is 2.20. The van der Waals surface area contributed by atoms with E-state index in [1.807, 2.05) is 5.51 Å². The van der Waals surface area contributed by atoms with Crippen molar-refractivity contribution in [2.24, 2.45) is 5.92 Å². The van der Waals surface area contributed by atoms with E-state index in [9.17, 15) is 0 Å². The van der Waals surface area contributed by atoms with Gasteiger partial charge in [-0.2, -0.15) is 0 Å². The van der Waals surface area contributed by atoms with Crippen LogP contribution in [0.25, 0.3) is 0 Å². The lowest BCUT2D eigenvalue weighted by Crippen LogP contribution is -2.43. The van der Waals surface area contributed by atoms with Crippen LogP contribution < -0.4 is 5.32 Å². The van der Waals surface area contributed by atoms with Gasteiger partial charge in [0.2, 0.25) is 0 Å². The Hall–Kier alpha value is -0.450. The molecule has 1 aromatic heterocycles. The minimum absolute atomic E-state index is 0.912. The van der Waals surface area contributed by atoms with Gasteiger partial charge in [0.05, 0.1) is 11.2 Å². The number of nitrogens with one attached hydrogen (secondary N) is 1. The van der Waals surface area contributed by atoms with E-state index in [4.69, 9.17) is 0 Å². The van der Waals surface area contributed by atoms with E-state index in [-0.39, 0.29) is 0 Å². The Bertz CT molecular complexity index is 307. The number of aryl methyl sites for hydroxylation is 1. The molecule has 1 N–H and O–H groups in total. The van der Waals surface area contributed by atoms with Gasteiger partial charge in [-0.1, -0.05) is 0 Å². The standard InChI is InChI=1S/C11H19N3S/c1-9-11(15-8-13-9)7-14(2)4-3-10-5-12-6-10/h8,10,12H,3-7H2,1-2H3. The topological polar surface area (TPSA) is 28.2 Å². The lowest BCUT2D eigenvalue weighted by molar-refractivity contribution is 0.253. The van der Waals surface area contributed by atoms with Crippen LogP contribution in [0.3, 0.4) is 0 Å². The second kappa shape index (κ2) is 5.05. The summed E-state index contributed by atoms with van der Waals surface area (Å²) in [6.45, 7) is 6.77. The minimum atomic E-state index is 0.912. The predicted molar refractivity (Wildman–Crippen MR) is 64.2 cm³/mol. The molecule has 0 spiro atoms. The van der Waals surface area contributed by atoms with Crippen molar-refractivity contribution in [3.8, 4) is 0 Å². The smallest absolute Gasteiger partial charge is 0.0798 e. The Labute approximate surface area is 95.5 Å². The van der Waals surface area contributed by atoms with Gasteiger partial charge in [0.15, 0.2) is 0 Å². The largest absolute Gasteiger partial charge is 0.316 e. The monoisotopic (exact) mass is 225 g/mol. The predicted octanol–water partition coefficient (Wildman–Crippen LogP) is 1.49. The van der Waals surface area contributed by atoms with Crippen molar-refractivity contribution in [1.29, 1.82) is 0 Å². The SMILES string of the molecule is Cc1ncsc1CN(C)CCC1CNC1. The lowest BCUT2D eigenvalue weighted by atomic mass is 9.99. The number of aromatic nitrogens is 1. The summed E-state index contributed by atoms with van der Waals surface area (Å²) in [6.07, 6.45) is 1.32. The summed E-state index contributed by atoms with van der Waals surface area (Å²) < 4.78 is 0. The van der Waals surface area contributed by atoms with E-state index in [2.05, 4.69) is 29.2 Å². The highest BCUT2D eigenvalue weighted by atomic mass is 32.1. The molecule has 0 amide bonds. The van der Waals surface area contributed by atoms with Crippen LogP contribution in [0.15, 0.2) is 5.51 Å². The minimum Gasteiger partial charge on any atom is -0.316 e. The first-order valence-corrected chi connectivity index (χ1v) is 6.42. The Morgan fingerprint density at radius 1 is 1.60 bits per heavy atom. The van der Waals surface area contributed by atoms with Crippen molar-refractivity contribution < 1.29 is 0 Å². The van der Waals surface area contributed by atoms with Crippen LogP contribution in [0.4, 0.5) is 0 Å². The van der Waals surface area contributed by atoms with Crippen molar-refractivity contribution in [3.63, 3.8) is 0 Å². The molecule has 0 saturated carbocycles. The zero-order chi connectivity index (χ0) is 10.7. The maximum absolute atomic E-state index is 4.27. The van der Waals surface area contributed by atoms with Gasteiger partial charge >= 0.3 is 0 Å². The highest BCUT2D eigenvalue weighted by molar-refractivity contribution is 7.09. The highest BCUT2D eigenvalue weighted by Crippen LogP contribution is 2.15. The normalized spacial score (nSPS) is 17.0. The third kappa shape index (κ3) is 3.00. The Morgan fingerprint density at radius 3 is 2.93 bits per heavy atom. The molecule has 0 radical (unpaired) electrons. The second-order valence-corrected chi connectivity index (χ2v) is 5.35. The molecule has 0 aliphatic carbocycles. The molecule has 1 saturated heterocycles. The average molecular weight is 225 g/mol. The molecular weight excluding hydrogens is 206 g/mol. The summed E-state index contributed by atoms with van der Waals surface area (Å²) in [5, 5.41) is 3.31. The Kier molecular flexibility index (Phi) is 3.72. The van der Waals surface area contributed by atoms with Gasteiger partial charge in [0.1, 0.15) is 0 Å². The van der Waals surface area contributed by atoms with Crippen molar-refractivity contribution in [2.75, 3.05) is 26.7 Å². The summed E-state index contributed by atoms with van der Waals surface area (Å²) in [5.41, 5.74) is 3.13. The number of nitrogens with zero attached hydrogens (tertiary/aromatic N) is 2. The molecule has 2 rings (SSSR count). The van der Waals surface area contributed by atoms with Gasteiger partial charge in [-0.25, -0.2) is 4.98 Å². The molecule has 0 unspecified atom stereocenters. The van der Waals surface area contributed by atoms with E-state index in [1.165, 1.54) is 36.6 Å². The molecule has 15 heavy (non-hydrogen) atoms. The molecule has 1 fully saturated rings. The summed E-state index contributed by atoms with van der Waals surface area (Å²) in [4.78, 5) is 8.08. The third-order valence-corrected chi connectivity index (χ3v) is 3.96. The molecule has 3 nitrogen and oxygen atoms in total. The van der Waals surface area contributed by atoms with Gasteiger partial charge in [-0.3, -0.25) is 0 Å². The molecule has 1 aliphatic heterocycles. The van der Waals surface area contributed by atoms with Crippen LogP contribution in [0.2, 0.25) is 0 Å². The fourth-order valence-corrected chi connectivity index (χ4v) is 2.61. The van der Waals surface area contributed by atoms with E-state index in [0.717, 1.165) is 12.5 Å². The number of hydrogen-bond acceptors (Lipinski definition) is 4. The molecular formula is C11H19N3S. The van der Waals surface area contributed by atoms with Crippen LogP contribution >= 0.6 is 11.3 Å². The molecule has 1 aliphatic rings. The molecule has 0 atom stereocenters. The van der Waals surface area contributed by atoms with Crippen molar-refractivity contribution in [3.05, 3.63) is 16.1 Å². The molecule has 2 heterocycles. The first-order valence-electron chi connectivity index (χ1n) is 5.54. The van der Waals surface area contributed by atoms with Crippen molar-refractivity contribution in [1.82, 2.24) is 15.2 Å². The fourth-order valence-electron chi connectivity index (χ4n) is 1.76. The molecule has 84 valence electrons. The van der Waals surface area contributed by atoms with E-state index in [1.54, 1.807) is 11.3 Å². The zero-order valence-corrected chi connectivity index (χ0v) is 10.3. The molecule has 4 heteroatoms. The zero-order valence-electron chi connectivity index (χ0n) is 9.49. The Morgan fingerprint density at radius 2 is 2.40 bits per heavy atom. The molecule has 0 aromatic carbocycles. The molecule has 0 bridgehead atoms. The second-order valence-electron chi connectivity index (χ2n) is 4.41. The third-order valence-electron chi connectivity index (χ3n) is 3.04. The number of rotatable bonds is 5. The van der Waals surface area contributed by atoms with Crippen molar-refractivity contribution in [2.45, 2.75) is 19.9 Å². The fraction of sp³-hybridized carbons (Fsp3) is 0.727. The van der Waals surface area contributed by atoms with Gasteiger partial charge < -0.3 is 10.2 Å². The van der Waals surface area contributed by atoms with Crippen LogP contribution in [0.1, 0.15) is 17.0 Å². The van der Waals surface area contributed by atoms with Crippen LogP contribution in [0, 0.1) is 12.8 Å². The quantitative estimate of drug-likeness (QED) is 0.823. The van der Waals surface area contributed by atoms with E-state index in [0.29, 0.717) is 0 Å². The van der Waals surface area contributed by atoms with Crippen molar-refractivity contribution >= 4 is 11.3 Å². The maximum Gasteiger partial charge on any atom is 0.0798 e. The maximum atomic E-state index is 4.27. The summed E-state index contributed by atoms with van der Waals surface area (Å²) in [6, 6.07) is 0. The van der Waals surface area contributed by atoms with Crippen LogP contribution in [-0.4, -0.2) is 36.6 Å². The lowest BCUT2D eigenvalue weighted by Gasteiger charge is -2.28. The van der Waals surface area contributed by atoms with Gasteiger partial charge in [0, 0.05) is 11.4 Å². The van der Waals surface area contributed by atoms with Crippen LogP contribution in [-0.2, 0) is 6.54 Å². The first kappa shape index (κ1) is 11.0. The Balaban J connectivity index is 1.71. The van der Waals surface area contributed by atoms with Crippen LogP contribution in [0.5, 0.6) is 0 Å². The summed E-state index contributed by atoms with van der Waals surface area (Å²) >= 11 is 1.77. The average Bonchev–Trinajstić information content (AvgIpc) is 2.49. The van der Waals surface area contributed by atoms with Gasteiger partial charge in [-0.05, 0) is 45.9 Å². The molecule has 1 aromatic rings. The number of hydrogen-bond donors (Lipinski definition) is 1. The first-order chi connectivity index (χ1) is 7.25. The van der Waals surface area contributed by atoms with E-state index < -0.39 is 0 Å². The summed E-state index contributed by atoms with van der Waals surface area (Å²) in [5.74, 6) is 0.912. The van der Waals surface area contributed by atoms with E-state index >= 15 is 0 Å². The van der Waals surface area contributed by atoms with Gasteiger partial charge in [-0.15, -0.1) is 11.3 Å². The van der Waals surface area contributed by atoms with Gasteiger partial charge in [0.25, 0.3) is 0 Å². The number of thiazole rings is 1. The highest BCUT2D eigenvalue weighted by Gasteiger charge is 2.16.